The monoisotopic (exact) mass is 430 g/mol. The first-order valence-corrected chi connectivity index (χ1v) is 10.9. The van der Waals surface area contributed by atoms with Gasteiger partial charge < -0.3 is 9.67 Å². The lowest BCUT2D eigenvalue weighted by Gasteiger charge is -2.29. The molecule has 2 aromatic carbocycles. The van der Waals surface area contributed by atoms with Gasteiger partial charge in [0.1, 0.15) is 5.56 Å². The van der Waals surface area contributed by atoms with Crippen LogP contribution in [-0.4, -0.2) is 34.9 Å². The molecular formula is C21H19ClN2O4S. The van der Waals surface area contributed by atoms with Crippen LogP contribution >= 0.6 is 11.6 Å². The maximum atomic E-state index is 13.1. The highest BCUT2D eigenvalue weighted by Crippen LogP contribution is 2.38. The molecule has 150 valence electrons. The molecule has 0 amide bonds. The Kier molecular flexibility index (Phi) is 4.98. The Labute approximate surface area is 174 Å². The quantitative estimate of drug-likeness (QED) is 0.678. The van der Waals surface area contributed by atoms with Gasteiger partial charge in [0.2, 0.25) is 10.0 Å². The molecule has 0 radical (unpaired) electrons. The average Bonchev–Trinajstić information content (AvgIpc) is 3.00. The second kappa shape index (κ2) is 7.33. The zero-order chi connectivity index (χ0) is 20.8. The van der Waals surface area contributed by atoms with E-state index in [1.165, 1.54) is 4.31 Å². The molecule has 0 spiro atoms. The molecule has 0 saturated carbocycles. The molecule has 1 N–H and O–H groups in total. The Hall–Kier alpha value is -2.61. The molecular weight excluding hydrogens is 412 g/mol. The van der Waals surface area contributed by atoms with E-state index in [4.69, 9.17) is 11.6 Å². The lowest BCUT2D eigenvalue weighted by molar-refractivity contribution is 0.0694. The minimum Gasteiger partial charge on any atom is -0.478 e. The number of halogens is 1. The number of hydrogen-bond acceptors (Lipinski definition) is 3. The van der Waals surface area contributed by atoms with Gasteiger partial charge in [-0.15, -0.1) is 0 Å². The van der Waals surface area contributed by atoms with E-state index < -0.39 is 16.0 Å². The molecule has 3 aromatic rings. The van der Waals surface area contributed by atoms with Gasteiger partial charge in [0.05, 0.1) is 22.2 Å². The van der Waals surface area contributed by atoms with Crippen molar-refractivity contribution in [2.75, 3.05) is 6.54 Å². The minimum atomic E-state index is -3.75. The van der Waals surface area contributed by atoms with E-state index in [-0.39, 0.29) is 28.6 Å². The van der Waals surface area contributed by atoms with Gasteiger partial charge in [-0.25, -0.2) is 13.2 Å². The maximum Gasteiger partial charge on any atom is 0.339 e. The molecule has 4 rings (SSSR count). The summed E-state index contributed by atoms with van der Waals surface area (Å²) in [5.74, 6) is -1.17. The molecule has 1 aliphatic heterocycles. The average molecular weight is 431 g/mol. The van der Waals surface area contributed by atoms with Crippen LogP contribution in [0, 0.1) is 6.92 Å². The summed E-state index contributed by atoms with van der Waals surface area (Å²) in [7, 11) is -3.75. The van der Waals surface area contributed by atoms with Gasteiger partial charge in [0, 0.05) is 18.8 Å². The van der Waals surface area contributed by atoms with Crippen LogP contribution in [0.5, 0.6) is 0 Å². The number of carboxylic acids is 1. The second-order valence-corrected chi connectivity index (χ2v) is 9.27. The summed E-state index contributed by atoms with van der Waals surface area (Å²) in [6.45, 7) is 2.38. The molecule has 1 aliphatic rings. The molecule has 0 atom stereocenters. The first-order valence-electron chi connectivity index (χ1n) is 9.07. The van der Waals surface area contributed by atoms with Crippen molar-refractivity contribution in [3.8, 4) is 11.3 Å². The summed E-state index contributed by atoms with van der Waals surface area (Å²) in [6.07, 6.45) is 0. The van der Waals surface area contributed by atoms with E-state index in [1.807, 2.05) is 41.8 Å². The standard InChI is InChI=1S/C21H19ClN2O4S/c1-14-7-9-16(10-8-14)29(27,28)23-11-12-24-17(13-23)18(21(25)26)19(22)20(24)15-5-3-2-4-6-15/h2-10H,11-13H2,1H3,(H,25,26). The first-order chi connectivity index (χ1) is 13.8. The van der Waals surface area contributed by atoms with Gasteiger partial charge in [0.25, 0.3) is 0 Å². The van der Waals surface area contributed by atoms with Crippen molar-refractivity contribution >= 4 is 27.6 Å². The fraction of sp³-hybridized carbons (Fsp3) is 0.190. The van der Waals surface area contributed by atoms with Crippen LogP contribution in [0.2, 0.25) is 5.02 Å². The molecule has 8 heteroatoms. The van der Waals surface area contributed by atoms with Crippen molar-refractivity contribution in [3.63, 3.8) is 0 Å². The van der Waals surface area contributed by atoms with Crippen LogP contribution < -0.4 is 0 Å². The lowest BCUT2D eigenvalue weighted by Crippen LogP contribution is -2.38. The molecule has 0 aliphatic carbocycles. The molecule has 0 bridgehead atoms. The Morgan fingerprint density at radius 2 is 1.69 bits per heavy atom. The summed E-state index contributed by atoms with van der Waals surface area (Å²) in [4.78, 5) is 12.1. The molecule has 0 unspecified atom stereocenters. The molecule has 2 heterocycles. The van der Waals surface area contributed by atoms with E-state index in [1.54, 1.807) is 24.3 Å². The maximum absolute atomic E-state index is 13.1. The van der Waals surface area contributed by atoms with Crippen molar-refractivity contribution in [3.05, 3.63) is 76.4 Å². The number of fused-ring (bicyclic) bond motifs is 1. The topological polar surface area (TPSA) is 79.6 Å². The highest BCUT2D eigenvalue weighted by Gasteiger charge is 2.35. The Balaban J connectivity index is 1.80. The van der Waals surface area contributed by atoms with Crippen molar-refractivity contribution in [1.82, 2.24) is 8.87 Å². The number of nitrogens with zero attached hydrogens (tertiary/aromatic N) is 2. The number of carbonyl (C=O) groups is 1. The van der Waals surface area contributed by atoms with Crippen molar-refractivity contribution in [2.24, 2.45) is 0 Å². The normalized spacial score (nSPS) is 14.6. The zero-order valence-electron chi connectivity index (χ0n) is 15.7. The fourth-order valence-corrected chi connectivity index (χ4v) is 5.46. The minimum absolute atomic E-state index is 0.0469. The third kappa shape index (κ3) is 3.35. The smallest absolute Gasteiger partial charge is 0.339 e. The van der Waals surface area contributed by atoms with Crippen molar-refractivity contribution in [2.45, 2.75) is 24.9 Å². The molecule has 0 fully saturated rings. The van der Waals surface area contributed by atoms with Crippen molar-refractivity contribution in [1.29, 1.82) is 0 Å². The number of aryl methyl sites for hydroxylation is 1. The van der Waals surface area contributed by atoms with E-state index in [0.717, 1.165) is 11.1 Å². The Morgan fingerprint density at radius 3 is 2.31 bits per heavy atom. The highest BCUT2D eigenvalue weighted by atomic mass is 35.5. The number of rotatable bonds is 4. The van der Waals surface area contributed by atoms with Crippen LogP contribution in [0.3, 0.4) is 0 Å². The lowest BCUT2D eigenvalue weighted by atomic mass is 10.1. The number of hydrogen-bond donors (Lipinski definition) is 1. The number of benzene rings is 2. The largest absolute Gasteiger partial charge is 0.478 e. The summed E-state index contributed by atoms with van der Waals surface area (Å²) in [6, 6.07) is 15.9. The fourth-order valence-electron chi connectivity index (χ4n) is 3.66. The van der Waals surface area contributed by atoms with Crippen LogP contribution in [0.1, 0.15) is 21.6 Å². The van der Waals surface area contributed by atoms with Gasteiger partial charge in [0.15, 0.2) is 0 Å². The summed E-state index contributed by atoms with van der Waals surface area (Å²) in [5, 5.41) is 9.89. The van der Waals surface area contributed by atoms with Crippen LogP contribution in [-0.2, 0) is 23.1 Å². The summed E-state index contributed by atoms with van der Waals surface area (Å²) in [5.41, 5.74) is 2.70. The molecule has 1 aromatic heterocycles. The highest BCUT2D eigenvalue weighted by molar-refractivity contribution is 7.89. The van der Waals surface area contributed by atoms with Gasteiger partial charge in [-0.3, -0.25) is 0 Å². The van der Waals surface area contributed by atoms with Gasteiger partial charge in [-0.05, 0) is 24.6 Å². The van der Waals surface area contributed by atoms with Crippen LogP contribution in [0.15, 0.2) is 59.5 Å². The summed E-state index contributed by atoms with van der Waals surface area (Å²) >= 11 is 6.48. The molecule has 6 nitrogen and oxygen atoms in total. The van der Waals surface area contributed by atoms with Gasteiger partial charge in [-0.1, -0.05) is 59.6 Å². The van der Waals surface area contributed by atoms with Gasteiger partial charge in [-0.2, -0.15) is 4.31 Å². The predicted octanol–water partition coefficient (Wildman–Crippen LogP) is 4.02. The SMILES string of the molecule is Cc1ccc(S(=O)(=O)N2CCn3c(c(C(=O)O)c(Cl)c3-c3ccccc3)C2)cc1. The third-order valence-corrected chi connectivity index (χ3v) is 7.36. The second-order valence-electron chi connectivity index (χ2n) is 6.96. The van der Waals surface area contributed by atoms with Gasteiger partial charge >= 0.3 is 5.97 Å². The van der Waals surface area contributed by atoms with Crippen molar-refractivity contribution < 1.29 is 18.3 Å². The first kappa shape index (κ1) is 19.7. The number of aromatic nitrogens is 1. The number of sulfonamides is 1. The zero-order valence-corrected chi connectivity index (χ0v) is 17.2. The summed E-state index contributed by atoms with van der Waals surface area (Å²) < 4.78 is 29.3. The van der Waals surface area contributed by atoms with Crippen LogP contribution in [0.4, 0.5) is 0 Å². The Bertz CT molecular complexity index is 1190. The van der Waals surface area contributed by atoms with E-state index in [9.17, 15) is 18.3 Å². The van der Waals surface area contributed by atoms with E-state index >= 15 is 0 Å². The van der Waals surface area contributed by atoms with Crippen LogP contribution in [0.25, 0.3) is 11.3 Å². The molecule has 29 heavy (non-hydrogen) atoms. The number of aromatic carboxylic acids is 1. The number of carboxylic acid groups (broad SMARTS) is 1. The van der Waals surface area contributed by atoms with E-state index in [2.05, 4.69) is 0 Å². The Morgan fingerprint density at radius 1 is 1.03 bits per heavy atom. The predicted molar refractivity (Wildman–Crippen MR) is 111 cm³/mol. The molecule has 0 saturated heterocycles. The van der Waals surface area contributed by atoms with E-state index in [0.29, 0.717) is 17.9 Å². The third-order valence-electron chi connectivity index (χ3n) is 5.13.